The van der Waals surface area contributed by atoms with Crippen LogP contribution in [0.1, 0.15) is 68.6 Å². The molecule has 0 spiro atoms. The Balaban J connectivity index is 2.81. The Labute approximate surface area is 175 Å². The number of nitrogens with zero attached hydrogens (tertiary/aromatic N) is 1. The minimum Gasteiger partial charge on any atom is -0.481 e. The van der Waals surface area contributed by atoms with E-state index in [0.717, 1.165) is 40.1 Å². The molecule has 0 aliphatic rings. The van der Waals surface area contributed by atoms with Crippen molar-refractivity contribution in [3.63, 3.8) is 0 Å². The van der Waals surface area contributed by atoms with Crippen LogP contribution in [0.5, 0.6) is 0 Å². The number of nitrogens with two attached hydrogens (primary N) is 1. The molecule has 0 unspecified atom stereocenters. The molecule has 1 heterocycles. The number of aromatic nitrogens is 1. The molecule has 158 valence electrons. The fourth-order valence-electron chi connectivity index (χ4n) is 4.12. The van der Waals surface area contributed by atoms with Gasteiger partial charge in [0.15, 0.2) is 0 Å². The van der Waals surface area contributed by atoms with E-state index in [1.54, 1.807) is 0 Å². The molecule has 0 fully saturated rings. The van der Waals surface area contributed by atoms with Crippen LogP contribution >= 0.6 is 0 Å². The average molecular weight is 397 g/mol. The molecule has 0 saturated carbocycles. The second-order valence-electron chi connectivity index (χ2n) is 8.61. The highest BCUT2D eigenvalue weighted by molar-refractivity contribution is 5.78. The van der Waals surface area contributed by atoms with Crippen molar-refractivity contribution in [1.29, 1.82) is 0 Å². The summed E-state index contributed by atoms with van der Waals surface area (Å²) in [6.45, 7) is 12.8. The molecule has 0 aliphatic heterocycles. The number of aliphatic carboxylic acids is 1. The molecule has 0 bridgehead atoms. The smallest absolute Gasteiger partial charge is 0.309 e. The minimum absolute atomic E-state index is 0.393. The third kappa shape index (κ3) is 4.87. The van der Waals surface area contributed by atoms with Gasteiger partial charge in [-0.1, -0.05) is 57.5 Å². The van der Waals surface area contributed by atoms with E-state index < -0.39 is 11.4 Å². The average Bonchev–Trinajstić information content (AvgIpc) is 2.67. The normalized spacial score (nSPS) is 11.9. The maximum atomic E-state index is 12.2. The van der Waals surface area contributed by atoms with E-state index in [1.807, 2.05) is 20.8 Å². The van der Waals surface area contributed by atoms with Crippen molar-refractivity contribution in [2.45, 2.75) is 73.8 Å². The first-order valence-electron chi connectivity index (χ1n) is 10.7. The highest BCUT2D eigenvalue weighted by Crippen LogP contribution is 2.39. The second-order valence-corrected chi connectivity index (χ2v) is 8.61. The number of carboxylic acids is 1. The first-order chi connectivity index (χ1) is 13.7. The van der Waals surface area contributed by atoms with Gasteiger partial charge in [0.25, 0.3) is 0 Å². The molecule has 4 nitrogen and oxygen atoms in total. The van der Waals surface area contributed by atoms with E-state index in [9.17, 15) is 9.90 Å². The van der Waals surface area contributed by atoms with Gasteiger partial charge in [0.1, 0.15) is 0 Å². The van der Waals surface area contributed by atoms with E-state index in [0.29, 0.717) is 31.7 Å². The highest BCUT2D eigenvalue weighted by Gasteiger charge is 2.37. The third-order valence-electron chi connectivity index (χ3n) is 6.16. The van der Waals surface area contributed by atoms with Crippen molar-refractivity contribution in [3.05, 3.63) is 52.3 Å². The maximum absolute atomic E-state index is 12.2. The lowest BCUT2D eigenvalue weighted by atomic mass is 9.74. The van der Waals surface area contributed by atoms with Crippen molar-refractivity contribution in [3.8, 4) is 11.1 Å². The molecule has 4 heteroatoms. The van der Waals surface area contributed by atoms with Gasteiger partial charge in [-0.05, 0) is 67.7 Å². The maximum Gasteiger partial charge on any atom is 0.309 e. The van der Waals surface area contributed by atoms with Crippen LogP contribution in [-0.2, 0) is 24.2 Å². The summed E-state index contributed by atoms with van der Waals surface area (Å²) in [4.78, 5) is 17.1. The second kappa shape index (κ2) is 9.53. The molecular weight excluding hydrogens is 360 g/mol. The van der Waals surface area contributed by atoms with Crippen LogP contribution in [0.25, 0.3) is 11.1 Å². The molecule has 0 saturated heterocycles. The lowest BCUT2D eigenvalue weighted by Gasteiger charge is -2.30. The molecule has 0 amide bonds. The molecule has 0 radical (unpaired) electrons. The van der Waals surface area contributed by atoms with Crippen LogP contribution in [0, 0.1) is 25.2 Å². The number of hydrogen-bond donors (Lipinski definition) is 2. The summed E-state index contributed by atoms with van der Waals surface area (Å²) in [7, 11) is 0. The van der Waals surface area contributed by atoms with Crippen molar-refractivity contribution >= 4 is 5.97 Å². The molecule has 1 aromatic heterocycles. The summed E-state index contributed by atoms with van der Waals surface area (Å²) in [6, 6.07) is 8.43. The number of hydrogen-bond acceptors (Lipinski definition) is 3. The van der Waals surface area contributed by atoms with Gasteiger partial charge >= 0.3 is 5.97 Å². The van der Waals surface area contributed by atoms with Gasteiger partial charge < -0.3 is 10.8 Å². The van der Waals surface area contributed by atoms with Gasteiger partial charge in [-0.2, -0.15) is 0 Å². The first kappa shape index (κ1) is 23.1. The Bertz CT molecular complexity index is 850. The van der Waals surface area contributed by atoms with Crippen LogP contribution in [-0.4, -0.2) is 16.1 Å². The minimum atomic E-state index is -0.794. The summed E-state index contributed by atoms with van der Waals surface area (Å²) in [5.74, 6) is -0.273. The van der Waals surface area contributed by atoms with Crippen molar-refractivity contribution in [2.75, 3.05) is 0 Å². The molecule has 2 rings (SSSR count). The Morgan fingerprint density at radius 3 is 2.14 bits per heavy atom. The first-order valence-corrected chi connectivity index (χ1v) is 10.7. The van der Waals surface area contributed by atoms with Crippen LogP contribution in [0.15, 0.2) is 24.3 Å². The van der Waals surface area contributed by atoms with Crippen molar-refractivity contribution in [1.82, 2.24) is 4.98 Å². The SMILES string of the molecule is CCC(CC)(Cc1c(C)nc(CC(C)C)c(CN)c1-c1ccc(C)cc1)C(=O)O. The molecule has 1 aromatic carbocycles. The molecule has 2 aromatic rings. The summed E-state index contributed by atoms with van der Waals surface area (Å²) in [5.41, 5.74) is 12.8. The summed E-state index contributed by atoms with van der Waals surface area (Å²) >= 11 is 0. The van der Waals surface area contributed by atoms with E-state index in [1.165, 1.54) is 5.56 Å². The molecule has 0 atom stereocenters. The molecule has 3 N–H and O–H groups in total. The Kier molecular flexibility index (Phi) is 7.59. The Morgan fingerprint density at radius 2 is 1.69 bits per heavy atom. The predicted molar refractivity (Wildman–Crippen MR) is 120 cm³/mol. The van der Waals surface area contributed by atoms with E-state index in [4.69, 9.17) is 10.7 Å². The van der Waals surface area contributed by atoms with Gasteiger partial charge in [0.05, 0.1) is 5.41 Å². The largest absolute Gasteiger partial charge is 0.481 e. The topological polar surface area (TPSA) is 76.2 Å². The van der Waals surface area contributed by atoms with Crippen molar-refractivity contribution in [2.24, 2.45) is 17.1 Å². The molecule has 29 heavy (non-hydrogen) atoms. The fourth-order valence-corrected chi connectivity index (χ4v) is 4.12. The number of pyridine rings is 1. The quantitative estimate of drug-likeness (QED) is 0.590. The number of benzene rings is 1. The molecule has 0 aliphatic carbocycles. The van der Waals surface area contributed by atoms with Crippen molar-refractivity contribution < 1.29 is 9.90 Å². The number of carboxylic acid groups (broad SMARTS) is 1. The lowest BCUT2D eigenvalue weighted by Crippen LogP contribution is -2.33. The van der Waals surface area contributed by atoms with E-state index in [-0.39, 0.29) is 0 Å². The van der Waals surface area contributed by atoms with Crippen LogP contribution in [0.4, 0.5) is 0 Å². The van der Waals surface area contributed by atoms with Gasteiger partial charge in [-0.25, -0.2) is 0 Å². The Morgan fingerprint density at radius 1 is 1.10 bits per heavy atom. The standard InChI is InChI=1S/C25H36N2O2/c1-7-25(8-2,24(28)29)14-20-18(6)27-22(13-16(3)4)21(15-26)23(20)19-11-9-17(5)10-12-19/h9-12,16H,7-8,13-15,26H2,1-6H3,(H,28,29). The van der Waals surface area contributed by atoms with Crippen LogP contribution in [0.3, 0.4) is 0 Å². The Hall–Kier alpha value is -2.20. The fraction of sp³-hybridized carbons (Fsp3) is 0.520. The monoisotopic (exact) mass is 396 g/mol. The number of rotatable bonds is 9. The van der Waals surface area contributed by atoms with Crippen LogP contribution < -0.4 is 5.73 Å². The summed E-state index contributed by atoms with van der Waals surface area (Å²) in [5, 5.41) is 10.0. The van der Waals surface area contributed by atoms with Crippen LogP contribution in [0.2, 0.25) is 0 Å². The van der Waals surface area contributed by atoms with E-state index >= 15 is 0 Å². The van der Waals surface area contributed by atoms with Gasteiger partial charge in [-0.15, -0.1) is 0 Å². The zero-order valence-electron chi connectivity index (χ0n) is 18.8. The number of aryl methyl sites for hydroxylation is 2. The number of carbonyl (C=O) groups is 1. The zero-order valence-corrected chi connectivity index (χ0v) is 18.8. The highest BCUT2D eigenvalue weighted by atomic mass is 16.4. The van der Waals surface area contributed by atoms with Gasteiger partial charge in [0.2, 0.25) is 0 Å². The zero-order chi connectivity index (χ0) is 21.8. The summed E-state index contributed by atoms with van der Waals surface area (Å²) < 4.78 is 0. The lowest BCUT2D eigenvalue weighted by molar-refractivity contribution is -0.149. The molecular formula is C25H36N2O2. The summed E-state index contributed by atoms with van der Waals surface area (Å²) in [6.07, 6.45) is 2.49. The van der Waals surface area contributed by atoms with E-state index in [2.05, 4.69) is 45.0 Å². The van der Waals surface area contributed by atoms with Gasteiger partial charge in [0, 0.05) is 17.9 Å². The predicted octanol–water partition coefficient (Wildman–Crippen LogP) is 5.46. The van der Waals surface area contributed by atoms with Gasteiger partial charge in [-0.3, -0.25) is 9.78 Å². The third-order valence-corrected chi connectivity index (χ3v) is 6.16.